The van der Waals surface area contributed by atoms with Crippen molar-refractivity contribution >= 4 is 29.9 Å². The highest BCUT2D eigenvalue weighted by Gasteiger charge is 2.30. The Labute approximate surface area is 169 Å². The van der Waals surface area contributed by atoms with Crippen molar-refractivity contribution in [2.45, 2.75) is 51.2 Å². The molecule has 2 saturated heterocycles. The second-order valence-electron chi connectivity index (χ2n) is 7.46. The van der Waals surface area contributed by atoms with Gasteiger partial charge in [0.1, 0.15) is 0 Å². The Morgan fingerprint density at radius 3 is 2.68 bits per heavy atom. The van der Waals surface area contributed by atoms with E-state index in [4.69, 9.17) is 4.74 Å². The van der Waals surface area contributed by atoms with Gasteiger partial charge in [-0.2, -0.15) is 0 Å². The lowest BCUT2D eigenvalue weighted by Crippen LogP contribution is -2.43. The third-order valence-electron chi connectivity index (χ3n) is 5.27. The number of aliphatic hydroxyl groups is 1. The van der Waals surface area contributed by atoms with Crippen molar-refractivity contribution < 1.29 is 9.84 Å². The molecule has 7 heteroatoms. The van der Waals surface area contributed by atoms with Crippen LogP contribution in [0.15, 0.2) is 4.99 Å². The summed E-state index contributed by atoms with van der Waals surface area (Å²) in [7, 11) is 0. The Morgan fingerprint density at radius 1 is 1.24 bits per heavy atom. The van der Waals surface area contributed by atoms with Gasteiger partial charge in [0.25, 0.3) is 0 Å². The Kier molecular flexibility index (Phi) is 9.23. The second kappa shape index (κ2) is 10.9. The molecule has 6 nitrogen and oxygen atoms in total. The number of aliphatic hydroxyl groups excluding tert-OH is 1. The third-order valence-corrected chi connectivity index (χ3v) is 5.27. The summed E-state index contributed by atoms with van der Waals surface area (Å²) in [6, 6.07) is 0.670. The first kappa shape index (κ1) is 21.2. The molecule has 1 saturated carbocycles. The number of guanidine groups is 1. The lowest BCUT2D eigenvalue weighted by Gasteiger charge is -2.25. The van der Waals surface area contributed by atoms with Crippen LogP contribution in [0.5, 0.6) is 0 Å². The van der Waals surface area contributed by atoms with Gasteiger partial charge in [-0.1, -0.05) is 0 Å². The van der Waals surface area contributed by atoms with E-state index in [1.54, 1.807) is 0 Å². The fourth-order valence-corrected chi connectivity index (χ4v) is 3.66. The van der Waals surface area contributed by atoms with Gasteiger partial charge in [0.15, 0.2) is 5.96 Å². The molecule has 0 bridgehead atoms. The van der Waals surface area contributed by atoms with E-state index in [-0.39, 0.29) is 24.0 Å². The molecule has 1 aliphatic carbocycles. The summed E-state index contributed by atoms with van der Waals surface area (Å²) >= 11 is 0. The molecule has 25 heavy (non-hydrogen) atoms. The van der Waals surface area contributed by atoms with Gasteiger partial charge in [-0.15, -0.1) is 24.0 Å². The predicted molar refractivity (Wildman–Crippen MR) is 112 cm³/mol. The summed E-state index contributed by atoms with van der Waals surface area (Å²) in [6.07, 6.45) is 5.97. The molecule has 0 amide bonds. The van der Waals surface area contributed by atoms with Gasteiger partial charge >= 0.3 is 0 Å². The Morgan fingerprint density at radius 2 is 2.00 bits per heavy atom. The maximum Gasteiger partial charge on any atom is 0.194 e. The lowest BCUT2D eigenvalue weighted by atomic mass is 10.2. The van der Waals surface area contributed by atoms with E-state index in [0.717, 1.165) is 38.1 Å². The summed E-state index contributed by atoms with van der Waals surface area (Å²) in [6.45, 7) is 9.18. The molecule has 0 aromatic heterocycles. The zero-order valence-electron chi connectivity index (χ0n) is 15.5. The molecule has 3 fully saturated rings. The van der Waals surface area contributed by atoms with Crippen LogP contribution >= 0.6 is 24.0 Å². The summed E-state index contributed by atoms with van der Waals surface area (Å²) in [5.41, 5.74) is 0. The fraction of sp³-hybridized carbons (Fsp3) is 0.944. The first-order valence-corrected chi connectivity index (χ1v) is 9.79. The minimum Gasteiger partial charge on any atom is -0.389 e. The van der Waals surface area contributed by atoms with Crippen molar-refractivity contribution in [2.24, 2.45) is 10.9 Å². The predicted octanol–water partition coefficient (Wildman–Crippen LogP) is 1.53. The van der Waals surface area contributed by atoms with Crippen LogP contribution in [-0.2, 0) is 4.74 Å². The van der Waals surface area contributed by atoms with Crippen LogP contribution in [0.2, 0.25) is 0 Å². The zero-order valence-corrected chi connectivity index (χ0v) is 17.9. The maximum atomic E-state index is 10.1. The smallest absolute Gasteiger partial charge is 0.194 e. The van der Waals surface area contributed by atoms with Gasteiger partial charge < -0.3 is 20.1 Å². The highest BCUT2D eigenvalue weighted by atomic mass is 127. The fourth-order valence-electron chi connectivity index (χ4n) is 3.66. The molecular formula is C18H35IN4O2. The average Bonchev–Trinajstić information content (AvgIpc) is 3.05. The molecule has 0 spiro atoms. The molecule has 0 radical (unpaired) electrons. The summed E-state index contributed by atoms with van der Waals surface area (Å²) < 4.78 is 5.56. The van der Waals surface area contributed by atoms with E-state index in [1.165, 1.54) is 45.2 Å². The second-order valence-corrected chi connectivity index (χ2v) is 7.46. The summed E-state index contributed by atoms with van der Waals surface area (Å²) in [5, 5.41) is 13.5. The Balaban J connectivity index is 0.00000225. The summed E-state index contributed by atoms with van der Waals surface area (Å²) in [5.74, 6) is 1.69. The van der Waals surface area contributed by atoms with Gasteiger partial charge in [0, 0.05) is 32.3 Å². The van der Waals surface area contributed by atoms with Gasteiger partial charge in [0.05, 0.1) is 19.3 Å². The number of likely N-dealkylation sites (tertiary alicyclic amines) is 2. The van der Waals surface area contributed by atoms with E-state index in [9.17, 15) is 5.11 Å². The standard InChI is InChI=1S/C18H34N4O2.HI/c1-2-19-18(20-11-17(23)14-24-13-15-5-6-15)22-10-7-16(12-22)21-8-3-4-9-21;/h15-17,23H,2-14H2,1H3,(H,19,20);1H. The van der Waals surface area contributed by atoms with Crippen molar-refractivity contribution in [1.29, 1.82) is 0 Å². The highest BCUT2D eigenvalue weighted by molar-refractivity contribution is 14.0. The first-order chi connectivity index (χ1) is 11.8. The van der Waals surface area contributed by atoms with Crippen molar-refractivity contribution in [2.75, 3.05) is 52.5 Å². The normalized spacial score (nSPS) is 25.9. The number of hydrogen-bond acceptors (Lipinski definition) is 4. The summed E-state index contributed by atoms with van der Waals surface area (Å²) in [4.78, 5) is 9.63. The molecule has 146 valence electrons. The number of ether oxygens (including phenoxy) is 1. The molecule has 3 rings (SSSR count). The van der Waals surface area contributed by atoms with Crippen LogP contribution in [0, 0.1) is 5.92 Å². The van der Waals surface area contributed by atoms with Crippen molar-refractivity contribution in [1.82, 2.24) is 15.1 Å². The number of nitrogens with zero attached hydrogens (tertiary/aromatic N) is 3. The molecule has 2 heterocycles. The first-order valence-electron chi connectivity index (χ1n) is 9.79. The number of halogens is 1. The van der Waals surface area contributed by atoms with Gasteiger partial charge in [-0.25, -0.2) is 0 Å². The quantitative estimate of drug-likeness (QED) is 0.323. The number of aliphatic imine (C=N–C) groups is 1. The van der Waals surface area contributed by atoms with Gasteiger partial charge in [0.2, 0.25) is 0 Å². The van der Waals surface area contributed by atoms with Crippen molar-refractivity contribution in [3.8, 4) is 0 Å². The lowest BCUT2D eigenvalue weighted by molar-refractivity contribution is 0.0367. The van der Waals surface area contributed by atoms with Gasteiger partial charge in [-0.3, -0.25) is 9.89 Å². The minimum atomic E-state index is -0.505. The SMILES string of the molecule is CCNC(=NCC(O)COCC1CC1)N1CCC(N2CCCC2)C1.I. The van der Waals surface area contributed by atoms with Crippen LogP contribution in [0.4, 0.5) is 0 Å². The number of hydrogen-bond donors (Lipinski definition) is 2. The van der Waals surface area contributed by atoms with E-state index < -0.39 is 6.10 Å². The largest absolute Gasteiger partial charge is 0.389 e. The van der Waals surface area contributed by atoms with Crippen molar-refractivity contribution in [3.63, 3.8) is 0 Å². The molecule has 0 aromatic rings. The van der Waals surface area contributed by atoms with Crippen molar-refractivity contribution in [3.05, 3.63) is 0 Å². The van der Waals surface area contributed by atoms with Crippen LogP contribution < -0.4 is 5.32 Å². The van der Waals surface area contributed by atoms with E-state index in [0.29, 0.717) is 19.2 Å². The zero-order chi connectivity index (χ0) is 16.8. The monoisotopic (exact) mass is 466 g/mol. The molecule has 0 aromatic carbocycles. The average molecular weight is 466 g/mol. The highest BCUT2D eigenvalue weighted by Crippen LogP contribution is 2.28. The minimum absolute atomic E-state index is 0. The van der Waals surface area contributed by atoms with E-state index >= 15 is 0 Å². The topological polar surface area (TPSA) is 60.3 Å². The molecule has 3 aliphatic rings. The molecule has 2 unspecified atom stereocenters. The van der Waals surface area contributed by atoms with Crippen LogP contribution in [-0.4, -0.2) is 85.5 Å². The Hall–Kier alpha value is -0.120. The Bertz CT molecular complexity index is 414. The van der Waals surface area contributed by atoms with E-state index in [2.05, 4.69) is 27.0 Å². The van der Waals surface area contributed by atoms with E-state index in [1.807, 2.05) is 0 Å². The van der Waals surface area contributed by atoms with Gasteiger partial charge in [-0.05, 0) is 58.0 Å². The number of rotatable bonds is 8. The third kappa shape index (κ3) is 6.84. The van der Waals surface area contributed by atoms with Crippen LogP contribution in [0.1, 0.15) is 39.0 Å². The van der Waals surface area contributed by atoms with Crippen LogP contribution in [0.3, 0.4) is 0 Å². The molecule has 2 N–H and O–H groups in total. The number of nitrogens with one attached hydrogen (secondary N) is 1. The molecular weight excluding hydrogens is 431 g/mol. The van der Waals surface area contributed by atoms with Crippen LogP contribution in [0.25, 0.3) is 0 Å². The molecule has 2 aliphatic heterocycles. The maximum absolute atomic E-state index is 10.1. The molecule has 2 atom stereocenters.